The Morgan fingerprint density at radius 1 is 1.24 bits per heavy atom. The topological polar surface area (TPSA) is 125 Å². The van der Waals surface area contributed by atoms with E-state index >= 15 is 0 Å². The van der Waals surface area contributed by atoms with Crippen LogP contribution >= 0.6 is 0 Å². The van der Waals surface area contributed by atoms with Crippen LogP contribution < -0.4 is 5.32 Å². The zero-order valence-corrected chi connectivity index (χ0v) is 20.9. The van der Waals surface area contributed by atoms with Gasteiger partial charge in [0.25, 0.3) is 0 Å². The van der Waals surface area contributed by atoms with Crippen molar-refractivity contribution in [3.8, 4) is 0 Å². The van der Waals surface area contributed by atoms with Crippen molar-refractivity contribution >= 4 is 28.5 Å². The zero-order chi connectivity index (χ0) is 25.2. The van der Waals surface area contributed by atoms with Crippen LogP contribution in [0.2, 0.25) is 0 Å². The number of methoxy groups -OCH3 is 2. The molecule has 188 valence electrons. The van der Waals surface area contributed by atoms with Gasteiger partial charge >= 0.3 is 0 Å². The van der Waals surface area contributed by atoms with Crippen LogP contribution in [-0.2, 0) is 19.0 Å². The van der Waals surface area contributed by atoms with Crippen molar-refractivity contribution in [2.75, 3.05) is 26.1 Å². The second-order valence-corrected chi connectivity index (χ2v) is 9.61. The molecule has 10 nitrogen and oxygen atoms in total. The molecule has 1 aliphatic rings. The van der Waals surface area contributed by atoms with Crippen molar-refractivity contribution < 1.29 is 28.9 Å². The van der Waals surface area contributed by atoms with Gasteiger partial charge in [-0.05, 0) is 25.2 Å². The summed E-state index contributed by atoms with van der Waals surface area (Å²) in [5.74, 6) is 0.216. The molecule has 2 unspecified atom stereocenters. The van der Waals surface area contributed by atoms with Crippen LogP contribution in [0.5, 0.6) is 0 Å². The largest absolute Gasteiger partial charge is 0.387 e. The normalized spacial score (nSPS) is 23.7. The molecule has 34 heavy (non-hydrogen) atoms. The molecule has 10 heteroatoms. The Labute approximate surface area is 200 Å². The van der Waals surface area contributed by atoms with Crippen molar-refractivity contribution in [3.63, 3.8) is 0 Å². The predicted molar refractivity (Wildman–Crippen MR) is 127 cm³/mol. The summed E-state index contributed by atoms with van der Waals surface area (Å²) in [5.41, 5.74) is 0.747. The van der Waals surface area contributed by atoms with Gasteiger partial charge in [0.1, 0.15) is 36.1 Å². The molecule has 0 aromatic carbocycles. The fourth-order valence-corrected chi connectivity index (χ4v) is 4.54. The van der Waals surface area contributed by atoms with Gasteiger partial charge in [-0.3, -0.25) is 9.59 Å². The van der Waals surface area contributed by atoms with E-state index in [4.69, 9.17) is 14.2 Å². The van der Waals surface area contributed by atoms with Gasteiger partial charge in [-0.2, -0.15) is 0 Å². The first-order valence-corrected chi connectivity index (χ1v) is 11.6. The van der Waals surface area contributed by atoms with Crippen LogP contribution in [0.4, 0.5) is 5.82 Å². The number of hydrogen-bond acceptors (Lipinski definition) is 8. The molecule has 2 aromatic rings. The van der Waals surface area contributed by atoms with E-state index in [2.05, 4.69) is 29.1 Å². The van der Waals surface area contributed by atoms with Gasteiger partial charge in [0.15, 0.2) is 12.0 Å². The number of rotatable bonds is 10. The van der Waals surface area contributed by atoms with E-state index in [0.29, 0.717) is 22.5 Å². The standard InChI is InChI=1S/C24H36N4O6/c1-12(2)8-15(13(3)4)23(31)27-21-18-16(14(5)29)9-28(22(18)26-11-25-21)24-20(33-7)19(30)17(34-24)10-32-6/h9,11-13,15,17,19-20,24,30H,8,10H2,1-7H3,(H,25,26,27,31)/t15?,17-,19?,20+,24-/m1/s1. The predicted octanol–water partition coefficient (Wildman–Crippen LogP) is 2.81. The molecule has 1 saturated heterocycles. The van der Waals surface area contributed by atoms with Gasteiger partial charge in [0, 0.05) is 31.9 Å². The minimum Gasteiger partial charge on any atom is -0.387 e. The lowest BCUT2D eigenvalue weighted by molar-refractivity contribution is -0.121. The van der Waals surface area contributed by atoms with Gasteiger partial charge < -0.3 is 29.2 Å². The number of aliphatic hydroxyl groups is 1. The van der Waals surface area contributed by atoms with Crippen LogP contribution in [0.1, 0.15) is 57.6 Å². The lowest BCUT2D eigenvalue weighted by Crippen LogP contribution is -2.35. The van der Waals surface area contributed by atoms with Crippen LogP contribution in [-0.4, -0.2) is 70.5 Å². The monoisotopic (exact) mass is 476 g/mol. The lowest BCUT2D eigenvalue weighted by atomic mass is 9.87. The maximum Gasteiger partial charge on any atom is 0.228 e. The molecule has 2 N–H and O–H groups in total. The fourth-order valence-electron chi connectivity index (χ4n) is 4.54. The number of ether oxygens (including phenoxy) is 3. The van der Waals surface area contributed by atoms with Gasteiger partial charge in [-0.15, -0.1) is 0 Å². The van der Waals surface area contributed by atoms with E-state index in [9.17, 15) is 14.7 Å². The highest BCUT2D eigenvalue weighted by Crippen LogP contribution is 2.37. The Kier molecular flexibility index (Phi) is 8.40. The number of fused-ring (bicyclic) bond motifs is 1. The third kappa shape index (κ3) is 5.14. The Morgan fingerprint density at radius 2 is 1.94 bits per heavy atom. The Morgan fingerprint density at radius 3 is 2.50 bits per heavy atom. The van der Waals surface area contributed by atoms with Crippen molar-refractivity contribution in [1.82, 2.24) is 14.5 Å². The van der Waals surface area contributed by atoms with Crippen LogP contribution in [0.25, 0.3) is 11.0 Å². The average Bonchev–Trinajstić information content (AvgIpc) is 3.30. The van der Waals surface area contributed by atoms with Gasteiger partial charge in [-0.25, -0.2) is 9.97 Å². The number of ketones is 1. The average molecular weight is 477 g/mol. The Bertz CT molecular complexity index is 1020. The summed E-state index contributed by atoms with van der Waals surface area (Å²) in [4.78, 5) is 34.4. The molecule has 1 aliphatic heterocycles. The summed E-state index contributed by atoms with van der Waals surface area (Å²) in [6.45, 7) is 9.82. The molecular formula is C24H36N4O6. The second kappa shape index (κ2) is 10.9. The minimum absolute atomic E-state index is 0.144. The summed E-state index contributed by atoms with van der Waals surface area (Å²) in [6, 6.07) is 0. The van der Waals surface area contributed by atoms with Crippen molar-refractivity contribution in [1.29, 1.82) is 0 Å². The smallest absolute Gasteiger partial charge is 0.228 e. The van der Waals surface area contributed by atoms with Crippen LogP contribution in [0.3, 0.4) is 0 Å². The quantitative estimate of drug-likeness (QED) is 0.502. The number of carbonyl (C=O) groups is 2. The zero-order valence-electron chi connectivity index (χ0n) is 20.9. The van der Waals surface area contributed by atoms with E-state index in [0.717, 1.165) is 6.42 Å². The molecular weight excluding hydrogens is 440 g/mol. The molecule has 0 bridgehead atoms. The SMILES string of the molecule is COC[C@H]1O[C@@H](n2cc(C(C)=O)c3c(NC(=O)C(CC(C)C)C(C)C)ncnc32)[C@@H](OC)C1O. The molecule has 1 amide bonds. The van der Waals surface area contributed by atoms with E-state index in [1.165, 1.54) is 27.5 Å². The molecule has 1 fully saturated rings. The molecule has 0 radical (unpaired) electrons. The highest BCUT2D eigenvalue weighted by atomic mass is 16.6. The first-order chi connectivity index (χ1) is 16.1. The summed E-state index contributed by atoms with van der Waals surface area (Å²) in [5, 5.41) is 14.0. The van der Waals surface area contributed by atoms with Gasteiger partial charge in [0.2, 0.25) is 5.91 Å². The summed E-state index contributed by atoms with van der Waals surface area (Å²) < 4.78 is 18.4. The van der Waals surface area contributed by atoms with Gasteiger partial charge in [0.05, 0.1) is 12.0 Å². The first kappa shape index (κ1) is 26.2. The molecule has 3 heterocycles. The molecule has 3 rings (SSSR count). The number of amides is 1. The number of aromatic nitrogens is 3. The summed E-state index contributed by atoms with van der Waals surface area (Å²) in [6.07, 6.45) is 0.690. The van der Waals surface area contributed by atoms with E-state index in [-0.39, 0.29) is 36.0 Å². The molecule has 0 spiro atoms. The van der Waals surface area contributed by atoms with Crippen molar-refractivity contribution in [2.45, 2.75) is 65.6 Å². The number of Topliss-reactive ketones (excluding diaryl/α,β-unsaturated/α-hetero) is 1. The highest BCUT2D eigenvalue weighted by molar-refractivity contribution is 6.12. The Hall–Kier alpha value is -2.40. The highest BCUT2D eigenvalue weighted by Gasteiger charge is 2.46. The van der Waals surface area contributed by atoms with E-state index < -0.39 is 24.5 Å². The molecule has 5 atom stereocenters. The Balaban J connectivity index is 2.06. The van der Waals surface area contributed by atoms with Crippen molar-refractivity contribution in [2.24, 2.45) is 17.8 Å². The van der Waals surface area contributed by atoms with Gasteiger partial charge in [-0.1, -0.05) is 27.7 Å². The summed E-state index contributed by atoms with van der Waals surface area (Å²) >= 11 is 0. The molecule has 0 saturated carbocycles. The van der Waals surface area contributed by atoms with Crippen LogP contribution in [0.15, 0.2) is 12.5 Å². The van der Waals surface area contributed by atoms with Crippen LogP contribution in [0, 0.1) is 17.8 Å². The summed E-state index contributed by atoms with van der Waals surface area (Å²) in [7, 11) is 3.01. The van der Waals surface area contributed by atoms with Crippen molar-refractivity contribution in [3.05, 3.63) is 18.1 Å². The third-order valence-corrected chi connectivity index (χ3v) is 6.29. The number of anilines is 1. The lowest BCUT2D eigenvalue weighted by Gasteiger charge is -2.22. The number of aliphatic hydroxyl groups excluding tert-OH is 1. The molecule has 0 aliphatic carbocycles. The molecule has 2 aromatic heterocycles. The maximum atomic E-state index is 13.2. The third-order valence-electron chi connectivity index (χ3n) is 6.29. The minimum atomic E-state index is -0.933. The number of carbonyl (C=O) groups excluding carboxylic acids is 2. The number of hydrogen-bond donors (Lipinski definition) is 2. The second-order valence-electron chi connectivity index (χ2n) is 9.61. The first-order valence-electron chi connectivity index (χ1n) is 11.6. The van der Waals surface area contributed by atoms with E-state index in [1.807, 2.05) is 13.8 Å². The number of nitrogens with zero attached hydrogens (tertiary/aromatic N) is 3. The fraction of sp³-hybridized carbons (Fsp3) is 0.667. The number of nitrogens with one attached hydrogen (secondary N) is 1. The maximum absolute atomic E-state index is 13.2. The van der Waals surface area contributed by atoms with E-state index in [1.54, 1.807) is 10.8 Å².